The lowest BCUT2D eigenvalue weighted by molar-refractivity contribution is -0.143. The Morgan fingerprint density at radius 3 is 2.64 bits per heavy atom. The third kappa shape index (κ3) is 3.93. The molecule has 0 unspecified atom stereocenters. The molecule has 2 atom stereocenters. The molecule has 1 amide bonds. The lowest BCUT2D eigenvalue weighted by atomic mass is 9.79. The first-order valence-electron chi connectivity index (χ1n) is 10.2. The molecule has 2 aromatic rings. The molecule has 148 valence electrons. The number of rotatable bonds is 5. The van der Waals surface area contributed by atoms with Crippen molar-refractivity contribution in [3.05, 3.63) is 60.2 Å². The predicted octanol–water partition coefficient (Wildman–Crippen LogP) is 1.99. The SMILES string of the molecule is O=C(CCc1cnccn1)N1CC[C@](O)(c2ccccc2)[C@H](N2CCCC2)C1. The number of aliphatic hydroxyl groups is 1. The second-order valence-corrected chi connectivity index (χ2v) is 7.84. The fourth-order valence-corrected chi connectivity index (χ4v) is 4.54. The number of benzene rings is 1. The maximum atomic E-state index is 12.9. The molecule has 1 aromatic carbocycles. The number of amides is 1. The number of hydrogen-bond donors (Lipinski definition) is 1. The van der Waals surface area contributed by atoms with Crippen LogP contribution in [0.15, 0.2) is 48.9 Å². The first-order chi connectivity index (χ1) is 13.7. The molecule has 6 nitrogen and oxygen atoms in total. The predicted molar refractivity (Wildman–Crippen MR) is 106 cm³/mol. The van der Waals surface area contributed by atoms with Gasteiger partial charge in [0.05, 0.1) is 11.7 Å². The van der Waals surface area contributed by atoms with Gasteiger partial charge in [0.1, 0.15) is 5.60 Å². The molecular weight excluding hydrogens is 352 g/mol. The lowest BCUT2D eigenvalue weighted by Gasteiger charge is -2.48. The number of aromatic nitrogens is 2. The number of nitrogens with zero attached hydrogens (tertiary/aromatic N) is 4. The summed E-state index contributed by atoms with van der Waals surface area (Å²) in [4.78, 5) is 25.5. The van der Waals surface area contributed by atoms with Crippen LogP contribution in [0.5, 0.6) is 0 Å². The third-order valence-corrected chi connectivity index (χ3v) is 6.13. The molecule has 1 aromatic heterocycles. The van der Waals surface area contributed by atoms with Gasteiger partial charge in [0.25, 0.3) is 0 Å². The first-order valence-corrected chi connectivity index (χ1v) is 10.2. The summed E-state index contributed by atoms with van der Waals surface area (Å²) in [5.41, 5.74) is 0.885. The van der Waals surface area contributed by atoms with E-state index >= 15 is 0 Å². The van der Waals surface area contributed by atoms with Crippen LogP contribution in [0.3, 0.4) is 0 Å². The molecule has 0 aliphatic carbocycles. The van der Waals surface area contributed by atoms with Crippen LogP contribution in [0, 0.1) is 0 Å². The Morgan fingerprint density at radius 2 is 1.93 bits per heavy atom. The second-order valence-electron chi connectivity index (χ2n) is 7.84. The zero-order valence-electron chi connectivity index (χ0n) is 16.2. The van der Waals surface area contributed by atoms with Crippen molar-refractivity contribution in [1.82, 2.24) is 19.8 Å². The van der Waals surface area contributed by atoms with Gasteiger partial charge < -0.3 is 10.0 Å². The molecule has 1 N–H and O–H groups in total. The summed E-state index contributed by atoms with van der Waals surface area (Å²) in [5, 5.41) is 11.7. The van der Waals surface area contributed by atoms with E-state index < -0.39 is 5.60 Å². The van der Waals surface area contributed by atoms with Gasteiger partial charge in [-0.1, -0.05) is 30.3 Å². The van der Waals surface area contributed by atoms with Crippen LogP contribution in [0.1, 0.15) is 36.9 Å². The molecule has 2 saturated heterocycles. The molecule has 28 heavy (non-hydrogen) atoms. The van der Waals surface area contributed by atoms with Gasteiger partial charge in [-0.2, -0.15) is 0 Å². The van der Waals surface area contributed by atoms with Crippen molar-refractivity contribution >= 4 is 5.91 Å². The summed E-state index contributed by atoms with van der Waals surface area (Å²) in [7, 11) is 0. The fourth-order valence-electron chi connectivity index (χ4n) is 4.54. The monoisotopic (exact) mass is 380 g/mol. The number of carbonyl (C=O) groups is 1. The second kappa shape index (κ2) is 8.37. The van der Waals surface area contributed by atoms with E-state index in [0.29, 0.717) is 32.4 Å². The molecule has 6 heteroatoms. The quantitative estimate of drug-likeness (QED) is 0.859. The number of hydrogen-bond acceptors (Lipinski definition) is 5. The van der Waals surface area contributed by atoms with E-state index in [1.54, 1.807) is 18.6 Å². The summed E-state index contributed by atoms with van der Waals surface area (Å²) in [6, 6.07) is 9.89. The number of piperidine rings is 1. The van der Waals surface area contributed by atoms with Gasteiger partial charge >= 0.3 is 0 Å². The van der Waals surface area contributed by atoms with Gasteiger partial charge in [0.2, 0.25) is 5.91 Å². The molecule has 0 saturated carbocycles. The van der Waals surface area contributed by atoms with Crippen molar-refractivity contribution in [2.75, 3.05) is 26.2 Å². The molecule has 0 radical (unpaired) electrons. The van der Waals surface area contributed by atoms with Crippen molar-refractivity contribution in [3.63, 3.8) is 0 Å². The van der Waals surface area contributed by atoms with Crippen molar-refractivity contribution in [2.24, 2.45) is 0 Å². The Bertz CT molecular complexity index is 780. The third-order valence-electron chi connectivity index (χ3n) is 6.13. The Balaban J connectivity index is 1.48. The van der Waals surface area contributed by atoms with Crippen LogP contribution in [-0.2, 0) is 16.8 Å². The molecule has 2 aliphatic heterocycles. The fraction of sp³-hybridized carbons (Fsp3) is 0.500. The van der Waals surface area contributed by atoms with Crippen LogP contribution in [0.2, 0.25) is 0 Å². The van der Waals surface area contributed by atoms with Crippen molar-refractivity contribution < 1.29 is 9.90 Å². The molecule has 2 fully saturated rings. The standard InChI is InChI=1S/C22H28N4O2/c27-21(9-8-19-16-23-11-12-24-19)26-15-10-22(28,18-6-2-1-3-7-18)20(17-26)25-13-4-5-14-25/h1-3,6-7,11-12,16,20,28H,4-5,8-10,13-15,17H2/t20-,22+/m1/s1. The maximum absolute atomic E-state index is 12.9. The zero-order valence-corrected chi connectivity index (χ0v) is 16.2. The Hall–Kier alpha value is -2.31. The van der Waals surface area contributed by atoms with Crippen LogP contribution in [0.4, 0.5) is 0 Å². The van der Waals surface area contributed by atoms with Crippen LogP contribution in [0.25, 0.3) is 0 Å². The molecule has 3 heterocycles. The minimum atomic E-state index is -0.909. The summed E-state index contributed by atoms with van der Waals surface area (Å²) in [6.07, 6.45) is 8.91. The Morgan fingerprint density at radius 1 is 1.14 bits per heavy atom. The van der Waals surface area contributed by atoms with E-state index in [-0.39, 0.29) is 11.9 Å². The van der Waals surface area contributed by atoms with Crippen molar-refractivity contribution in [1.29, 1.82) is 0 Å². The van der Waals surface area contributed by atoms with Gasteiger partial charge in [-0.25, -0.2) is 0 Å². The topological polar surface area (TPSA) is 69.6 Å². The normalized spacial score (nSPS) is 25.8. The number of likely N-dealkylation sites (tertiary alicyclic amines) is 2. The van der Waals surface area contributed by atoms with E-state index in [1.165, 1.54) is 0 Å². The maximum Gasteiger partial charge on any atom is 0.223 e. The highest BCUT2D eigenvalue weighted by atomic mass is 16.3. The summed E-state index contributed by atoms with van der Waals surface area (Å²) >= 11 is 0. The van der Waals surface area contributed by atoms with Gasteiger partial charge in [-0.05, 0) is 44.3 Å². The zero-order chi connectivity index (χ0) is 19.4. The van der Waals surface area contributed by atoms with E-state index in [4.69, 9.17) is 0 Å². The molecule has 2 aliphatic rings. The van der Waals surface area contributed by atoms with Gasteiger partial charge in [0.15, 0.2) is 0 Å². The molecule has 0 spiro atoms. The average molecular weight is 380 g/mol. The number of aryl methyl sites for hydroxylation is 1. The van der Waals surface area contributed by atoms with E-state index in [0.717, 1.165) is 37.2 Å². The first kappa shape index (κ1) is 19.0. The Labute approximate surface area is 166 Å². The summed E-state index contributed by atoms with van der Waals surface area (Å²) in [6.45, 7) is 3.13. The van der Waals surface area contributed by atoms with Crippen LogP contribution < -0.4 is 0 Å². The number of carbonyl (C=O) groups excluding carboxylic acids is 1. The molecular formula is C22H28N4O2. The lowest BCUT2D eigenvalue weighted by Crippen LogP contribution is -2.61. The van der Waals surface area contributed by atoms with Gasteiger partial charge in [-0.15, -0.1) is 0 Å². The highest BCUT2D eigenvalue weighted by molar-refractivity contribution is 5.76. The van der Waals surface area contributed by atoms with E-state index in [2.05, 4.69) is 14.9 Å². The van der Waals surface area contributed by atoms with Crippen molar-refractivity contribution in [2.45, 2.75) is 43.7 Å². The van der Waals surface area contributed by atoms with Crippen LogP contribution >= 0.6 is 0 Å². The largest absolute Gasteiger partial charge is 0.383 e. The minimum absolute atomic E-state index is 0.0633. The minimum Gasteiger partial charge on any atom is -0.383 e. The highest BCUT2D eigenvalue weighted by Crippen LogP contribution is 2.37. The smallest absolute Gasteiger partial charge is 0.223 e. The molecule has 4 rings (SSSR count). The van der Waals surface area contributed by atoms with Crippen LogP contribution in [-0.4, -0.2) is 63.0 Å². The van der Waals surface area contributed by atoms with Gasteiger partial charge in [0, 0.05) is 38.1 Å². The van der Waals surface area contributed by atoms with Crippen molar-refractivity contribution in [3.8, 4) is 0 Å². The summed E-state index contributed by atoms with van der Waals surface area (Å²) in [5.74, 6) is 0.130. The highest BCUT2D eigenvalue weighted by Gasteiger charge is 2.47. The average Bonchev–Trinajstić information content (AvgIpc) is 3.28. The Kier molecular flexibility index (Phi) is 5.69. The molecule has 0 bridgehead atoms. The van der Waals surface area contributed by atoms with Gasteiger partial charge in [-0.3, -0.25) is 19.7 Å². The summed E-state index contributed by atoms with van der Waals surface area (Å²) < 4.78 is 0. The van der Waals surface area contributed by atoms with E-state index in [1.807, 2.05) is 35.2 Å². The van der Waals surface area contributed by atoms with E-state index in [9.17, 15) is 9.90 Å².